The van der Waals surface area contributed by atoms with Gasteiger partial charge >= 0.3 is 0 Å². The summed E-state index contributed by atoms with van der Waals surface area (Å²) in [4.78, 5) is 21.3. The molecule has 81 valence electrons. The fourth-order valence-corrected chi connectivity index (χ4v) is 1.05. The van der Waals surface area contributed by atoms with E-state index in [4.69, 9.17) is 0 Å². The first kappa shape index (κ1) is 12.9. The second kappa shape index (κ2) is 5.56. The zero-order chi connectivity index (χ0) is 11.3. The fourth-order valence-electron chi connectivity index (χ4n) is 1.05. The van der Waals surface area contributed by atoms with Crippen LogP contribution < -0.4 is 10.6 Å². The molecule has 1 radical (unpaired) electrons. The SMILES string of the molecule is CC(=O)NC(C)N([O])C(C)NC(C)=O. The van der Waals surface area contributed by atoms with Crippen molar-refractivity contribution in [1.82, 2.24) is 15.7 Å². The Morgan fingerprint density at radius 2 is 1.29 bits per heavy atom. The van der Waals surface area contributed by atoms with Gasteiger partial charge in [-0.05, 0) is 13.8 Å². The quantitative estimate of drug-likeness (QED) is 0.480. The number of nitrogens with one attached hydrogen (secondary N) is 2. The molecule has 0 saturated heterocycles. The fraction of sp³-hybridized carbons (Fsp3) is 0.750. The van der Waals surface area contributed by atoms with Crippen LogP contribution in [0.5, 0.6) is 0 Å². The molecule has 6 heteroatoms. The predicted molar refractivity (Wildman–Crippen MR) is 49.1 cm³/mol. The van der Waals surface area contributed by atoms with E-state index in [1.165, 1.54) is 13.8 Å². The molecule has 0 spiro atoms. The summed E-state index contributed by atoms with van der Waals surface area (Å²) in [5.74, 6) is -0.568. The van der Waals surface area contributed by atoms with Crippen LogP contribution in [0.15, 0.2) is 0 Å². The molecular weight excluding hydrogens is 186 g/mol. The normalized spacial score (nSPS) is 14.7. The van der Waals surface area contributed by atoms with Crippen molar-refractivity contribution in [2.75, 3.05) is 0 Å². The lowest BCUT2D eigenvalue weighted by molar-refractivity contribution is -0.220. The molecule has 14 heavy (non-hydrogen) atoms. The van der Waals surface area contributed by atoms with Crippen LogP contribution in [-0.4, -0.2) is 29.2 Å². The number of amides is 2. The van der Waals surface area contributed by atoms with Crippen molar-refractivity contribution in [3.8, 4) is 0 Å². The minimum absolute atomic E-state index is 0.284. The lowest BCUT2D eigenvalue weighted by Crippen LogP contribution is -2.52. The number of carbonyl (C=O) groups excluding carboxylic acids is 2. The molecule has 0 aromatic rings. The van der Waals surface area contributed by atoms with E-state index in [0.717, 1.165) is 0 Å². The summed E-state index contributed by atoms with van der Waals surface area (Å²) >= 11 is 0. The largest absolute Gasteiger partial charge is 0.339 e. The molecule has 0 bridgehead atoms. The Balaban J connectivity index is 4.09. The number of rotatable bonds is 4. The topological polar surface area (TPSA) is 81.3 Å². The van der Waals surface area contributed by atoms with Gasteiger partial charge in [-0.3, -0.25) is 9.59 Å². The Morgan fingerprint density at radius 3 is 1.50 bits per heavy atom. The summed E-state index contributed by atoms with van der Waals surface area (Å²) in [5, 5.41) is 16.9. The highest BCUT2D eigenvalue weighted by molar-refractivity contribution is 5.73. The van der Waals surface area contributed by atoms with Crippen LogP contribution >= 0.6 is 0 Å². The Bertz CT molecular complexity index is 198. The van der Waals surface area contributed by atoms with Crippen LogP contribution in [0.4, 0.5) is 0 Å². The molecule has 0 aromatic heterocycles. The van der Waals surface area contributed by atoms with E-state index in [1.54, 1.807) is 13.8 Å². The molecule has 0 fully saturated rings. The van der Waals surface area contributed by atoms with Crippen LogP contribution in [0.25, 0.3) is 0 Å². The number of hydroxylamine groups is 2. The van der Waals surface area contributed by atoms with Gasteiger partial charge in [0.25, 0.3) is 0 Å². The lowest BCUT2D eigenvalue weighted by atomic mass is 10.4. The summed E-state index contributed by atoms with van der Waals surface area (Å²) in [5.41, 5.74) is 0. The van der Waals surface area contributed by atoms with Crippen molar-refractivity contribution in [2.24, 2.45) is 0 Å². The predicted octanol–water partition coefficient (Wildman–Crippen LogP) is -0.402. The Hall–Kier alpha value is -1.14. The first-order valence-electron chi connectivity index (χ1n) is 4.34. The van der Waals surface area contributed by atoms with Gasteiger partial charge in [0.1, 0.15) is 12.3 Å². The van der Waals surface area contributed by atoms with Crippen LogP contribution in [0.2, 0.25) is 0 Å². The highest BCUT2D eigenvalue weighted by atomic mass is 16.5. The van der Waals surface area contributed by atoms with Gasteiger partial charge < -0.3 is 10.6 Å². The zero-order valence-corrected chi connectivity index (χ0v) is 8.83. The lowest BCUT2D eigenvalue weighted by Gasteiger charge is -2.26. The van der Waals surface area contributed by atoms with Gasteiger partial charge in [-0.25, -0.2) is 0 Å². The standard InChI is InChI=1S/C8H16N3O3/c1-5(9-7(3)12)11(14)6(2)10-8(4)13/h5-6H,1-4H3,(H,9,12)(H,10,13). The molecule has 0 aliphatic heterocycles. The summed E-state index contributed by atoms with van der Waals surface area (Å²) < 4.78 is 0. The molecule has 2 N–H and O–H groups in total. The summed E-state index contributed by atoms with van der Waals surface area (Å²) in [6, 6.07) is 0. The highest BCUT2D eigenvalue weighted by Crippen LogP contribution is 1.97. The number of hydrogen-bond donors (Lipinski definition) is 2. The van der Waals surface area contributed by atoms with Gasteiger partial charge in [-0.2, -0.15) is 0 Å². The molecule has 0 rings (SSSR count). The van der Waals surface area contributed by atoms with Crippen molar-refractivity contribution < 1.29 is 14.8 Å². The average Bonchev–Trinajstić information content (AvgIpc) is 2.00. The molecule has 0 saturated carbocycles. The van der Waals surface area contributed by atoms with Crippen LogP contribution in [0, 0.1) is 0 Å². The van der Waals surface area contributed by atoms with E-state index >= 15 is 0 Å². The first-order valence-corrected chi connectivity index (χ1v) is 4.34. The van der Waals surface area contributed by atoms with E-state index in [1.807, 2.05) is 0 Å². The average molecular weight is 202 g/mol. The van der Waals surface area contributed by atoms with E-state index in [-0.39, 0.29) is 11.8 Å². The smallest absolute Gasteiger partial charge is 0.218 e. The first-order chi connectivity index (χ1) is 6.34. The summed E-state index contributed by atoms with van der Waals surface area (Å²) in [7, 11) is 0. The van der Waals surface area contributed by atoms with Crippen molar-refractivity contribution in [1.29, 1.82) is 0 Å². The van der Waals surface area contributed by atoms with E-state index < -0.39 is 12.3 Å². The number of hydrogen-bond acceptors (Lipinski definition) is 3. The molecule has 0 heterocycles. The molecule has 0 aliphatic carbocycles. The van der Waals surface area contributed by atoms with Gasteiger partial charge in [0.05, 0.1) is 0 Å². The van der Waals surface area contributed by atoms with Crippen molar-refractivity contribution in [2.45, 2.75) is 40.0 Å². The van der Waals surface area contributed by atoms with Gasteiger partial charge in [0, 0.05) is 13.8 Å². The van der Waals surface area contributed by atoms with Crippen molar-refractivity contribution >= 4 is 11.8 Å². The van der Waals surface area contributed by atoms with Crippen LogP contribution in [0.1, 0.15) is 27.7 Å². The third kappa shape index (κ3) is 4.78. The Kier molecular flexibility index (Phi) is 5.11. The molecule has 2 unspecified atom stereocenters. The Labute approximate surface area is 83.2 Å². The monoisotopic (exact) mass is 202 g/mol. The number of nitrogens with zero attached hydrogens (tertiary/aromatic N) is 1. The van der Waals surface area contributed by atoms with E-state index in [2.05, 4.69) is 10.6 Å². The highest BCUT2D eigenvalue weighted by Gasteiger charge is 2.20. The molecular formula is C8H16N3O3. The minimum atomic E-state index is -0.658. The van der Waals surface area contributed by atoms with E-state index in [0.29, 0.717) is 5.06 Å². The molecule has 2 amide bonds. The molecule has 6 nitrogen and oxygen atoms in total. The van der Waals surface area contributed by atoms with Crippen molar-refractivity contribution in [3.63, 3.8) is 0 Å². The van der Waals surface area contributed by atoms with Crippen molar-refractivity contribution in [3.05, 3.63) is 0 Å². The summed E-state index contributed by atoms with van der Waals surface area (Å²) in [6.45, 7) is 5.75. The second-order valence-electron chi connectivity index (χ2n) is 3.11. The minimum Gasteiger partial charge on any atom is -0.339 e. The number of carbonyl (C=O) groups is 2. The Morgan fingerprint density at radius 1 is 1.00 bits per heavy atom. The zero-order valence-electron chi connectivity index (χ0n) is 8.83. The van der Waals surface area contributed by atoms with Crippen LogP contribution in [-0.2, 0) is 14.8 Å². The van der Waals surface area contributed by atoms with Crippen LogP contribution in [0.3, 0.4) is 0 Å². The third-order valence-electron chi connectivity index (χ3n) is 1.59. The molecule has 2 atom stereocenters. The van der Waals surface area contributed by atoms with Gasteiger partial charge in [0.2, 0.25) is 11.8 Å². The van der Waals surface area contributed by atoms with Gasteiger partial charge in [-0.15, -0.1) is 10.3 Å². The van der Waals surface area contributed by atoms with Gasteiger partial charge in [-0.1, -0.05) is 0 Å². The third-order valence-corrected chi connectivity index (χ3v) is 1.59. The second-order valence-corrected chi connectivity index (χ2v) is 3.11. The van der Waals surface area contributed by atoms with Gasteiger partial charge in [0.15, 0.2) is 0 Å². The maximum atomic E-state index is 11.4. The maximum absolute atomic E-state index is 11.4. The summed E-state index contributed by atoms with van der Waals surface area (Å²) in [6.07, 6.45) is -1.32. The maximum Gasteiger partial charge on any atom is 0.218 e. The van der Waals surface area contributed by atoms with E-state index in [9.17, 15) is 14.8 Å². The molecule has 0 aromatic carbocycles. The molecule has 0 aliphatic rings.